The van der Waals surface area contributed by atoms with Crippen LogP contribution >= 0.6 is 0 Å². The molecule has 0 bridgehead atoms. The van der Waals surface area contributed by atoms with Gasteiger partial charge in [0.2, 0.25) is 0 Å². The van der Waals surface area contributed by atoms with Gasteiger partial charge in [0.15, 0.2) is 0 Å². The van der Waals surface area contributed by atoms with Crippen LogP contribution in [0.2, 0.25) is 0 Å². The van der Waals surface area contributed by atoms with Gasteiger partial charge in [0, 0.05) is 0 Å². The average molecular weight is 200 g/mol. The van der Waals surface area contributed by atoms with E-state index in [-0.39, 0.29) is 0 Å². The van der Waals surface area contributed by atoms with Crippen molar-refractivity contribution in [3.05, 3.63) is 0 Å². The van der Waals surface area contributed by atoms with Crippen molar-refractivity contribution in [2.45, 2.75) is 80.6 Å². The van der Waals surface area contributed by atoms with Crippen molar-refractivity contribution in [3.63, 3.8) is 0 Å². The molecule has 0 aromatic heterocycles. The van der Waals surface area contributed by atoms with Crippen molar-refractivity contribution in [3.8, 4) is 0 Å². The van der Waals surface area contributed by atoms with Gasteiger partial charge in [-0.15, -0.1) is 0 Å². The Bertz CT molecular complexity index is 103. The Hall–Kier alpha value is 0. The van der Waals surface area contributed by atoms with Gasteiger partial charge in [-0.2, -0.15) is 0 Å². The summed E-state index contributed by atoms with van der Waals surface area (Å²) < 4.78 is 0. The summed E-state index contributed by atoms with van der Waals surface area (Å²) in [5.41, 5.74) is 0.563. The third kappa shape index (κ3) is 10.1. The summed E-state index contributed by atoms with van der Waals surface area (Å²) in [5, 5.41) is 0. The van der Waals surface area contributed by atoms with E-state index >= 15 is 0 Å². The second-order valence-electron chi connectivity index (χ2n) is 4.97. The Morgan fingerprint density at radius 2 is 1.57 bits per heavy atom. The van der Waals surface area contributed by atoms with Crippen LogP contribution in [-0.2, 0) is 0 Å². The lowest BCUT2D eigenvalue weighted by Crippen LogP contribution is -2.14. The van der Waals surface area contributed by atoms with Crippen LogP contribution in [0.4, 0.5) is 0 Å². The second-order valence-corrected chi connectivity index (χ2v) is 4.97. The average Bonchev–Trinajstić information content (AvgIpc) is 2.17. The number of hydrogen-bond acceptors (Lipinski definition) is 0. The van der Waals surface area contributed by atoms with Crippen molar-refractivity contribution in [1.29, 1.82) is 0 Å². The molecule has 0 radical (unpaired) electrons. The molecular weight excluding hydrogens is 168 g/mol. The predicted molar refractivity (Wildman–Crippen MR) is 68.7 cm³/mol. The molecule has 0 rings (SSSR count). The fraction of sp³-hybridized carbons (Fsp3) is 1.00. The molecular formula is C14H32. The first-order valence-electron chi connectivity index (χ1n) is 6.52. The second kappa shape index (κ2) is 9.55. The summed E-state index contributed by atoms with van der Waals surface area (Å²) in [5.74, 6) is 0.917. The summed E-state index contributed by atoms with van der Waals surface area (Å²) >= 11 is 0. The number of unbranched alkanes of at least 4 members (excludes halogenated alkanes) is 1. The molecule has 0 amide bonds. The maximum absolute atomic E-state index is 2.40. The van der Waals surface area contributed by atoms with Crippen molar-refractivity contribution in [2.24, 2.45) is 11.3 Å². The molecule has 0 saturated heterocycles. The Balaban J connectivity index is 0. The monoisotopic (exact) mass is 200 g/mol. The molecule has 1 unspecified atom stereocenters. The normalized spacial score (nSPS) is 13.1. The van der Waals surface area contributed by atoms with E-state index in [0.29, 0.717) is 5.41 Å². The van der Waals surface area contributed by atoms with E-state index in [0.717, 1.165) is 5.92 Å². The molecule has 0 aromatic carbocycles. The summed E-state index contributed by atoms with van der Waals surface area (Å²) in [6.07, 6.45) is 6.87. The summed E-state index contributed by atoms with van der Waals surface area (Å²) in [7, 11) is 0. The maximum Gasteiger partial charge on any atom is -0.0354 e. The van der Waals surface area contributed by atoms with E-state index in [4.69, 9.17) is 0 Å². The van der Waals surface area contributed by atoms with Crippen LogP contribution < -0.4 is 0 Å². The van der Waals surface area contributed by atoms with Gasteiger partial charge in [0.25, 0.3) is 0 Å². The molecule has 0 fully saturated rings. The number of hydrogen-bond donors (Lipinski definition) is 0. The molecule has 14 heavy (non-hydrogen) atoms. The van der Waals surface area contributed by atoms with Crippen LogP contribution in [0.5, 0.6) is 0 Å². The molecule has 0 aliphatic carbocycles. The van der Waals surface area contributed by atoms with Crippen molar-refractivity contribution < 1.29 is 0 Å². The smallest absolute Gasteiger partial charge is 0.0354 e. The third-order valence-electron chi connectivity index (χ3n) is 2.91. The van der Waals surface area contributed by atoms with Gasteiger partial charge in [-0.25, -0.2) is 0 Å². The first-order valence-corrected chi connectivity index (χ1v) is 6.52. The van der Waals surface area contributed by atoms with Crippen LogP contribution in [0.1, 0.15) is 80.6 Å². The third-order valence-corrected chi connectivity index (χ3v) is 2.91. The highest BCUT2D eigenvalue weighted by atomic mass is 14.2. The van der Waals surface area contributed by atoms with E-state index in [1.54, 1.807) is 0 Å². The van der Waals surface area contributed by atoms with E-state index in [2.05, 4.69) is 34.6 Å². The van der Waals surface area contributed by atoms with Crippen LogP contribution in [0.3, 0.4) is 0 Å². The fourth-order valence-electron chi connectivity index (χ4n) is 1.74. The Kier molecular flexibility index (Phi) is 11.2. The van der Waals surface area contributed by atoms with Gasteiger partial charge >= 0.3 is 0 Å². The summed E-state index contributed by atoms with van der Waals surface area (Å²) in [4.78, 5) is 0. The lowest BCUT2D eigenvalue weighted by Gasteiger charge is -2.26. The van der Waals surface area contributed by atoms with Crippen LogP contribution in [0.15, 0.2) is 0 Å². The highest BCUT2D eigenvalue weighted by Gasteiger charge is 2.18. The quantitative estimate of drug-likeness (QED) is 0.518. The molecule has 0 aromatic rings. The van der Waals surface area contributed by atoms with E-state index in [9.17, 15) is 0 Å². The largest absolute Gasteiger partial charge is 0.0683 e. The van der Waals surface area contributed by atoms with E-state index < -0.39 is 0 Å². The minimum absolute atomic E-state index is 0.563. The molecule has 0 aliphatic heterocycles. The lowest BCUT2D eigenvalue weighted by molar-refractivity contribution is 0.256. The molecule has 0 heteroatoms. The maximum atomic E-state index is 2.40. The van der Waals surface area contributed by atoms with Gasteiger partial charge in [-0.1, -0.05) is 74.1 Å². The zero-order valence-electron chi connectivity index (χ0n) is 11.6. The minimum atomic E-state index is 0.563. The van der Waals surface area contributed by atoms with Crippen LogP contribution in [-0.4, -0.2) is 0 Å². The Morgan fingerprint density at radius 1 is 1.07 bits per heavy atom. The van der Waals surface area contributed by atoms with Gasteiger partial charge < -0.3 is 0 Å². The SMILES string of the molecule is CC.CCCCC(C)CC(C)(C)CC. The van der Waals surface area contributed by atoms with Crippen molar-refractivity contribution >= 4 is 0 Å². The fourth-order valence-corrected chi connectivity index (χ4v) is 1.74. The highest BCUT2D eigenvalue weighted by molar-refractivity contribution is 4.69. The predicted octanol–water partition coefficient (Wildman–Crippen LogP) is 5.67. The zero-order chi connectivity index (χ0) is 11.6. The van der Waals surface area contributed by atoms with Gasteiger partial charge in [-0.3, -0.25) is 0 Å². The topological polar surface area (TPSA) is 0 Å². The minimum Gasteiger partial charge on any atom is -0.0683 e. The Labute approximate surface area is 92.5 Å². The molecule has 0 saturated carbocycles. The number of rotatable bonds is 6. The Morgan fingerprint density at radius 3 is 1.93 bits per heavy atom. The molecule has 0 N–H and O–H groups in total. The van der Waals surface area contributed by atoms with Gasteiger partial charge in [-0.05, 0) is 17.8 Å². The van der Waals surface area contributed by atoms with Gasteiger partial charge in [0.1, 0.15) is 0 Å². The molecule has 0 aliphatic rings. The van der Waals surface area contributed by atoms with E-state index in [1.807, 2.05) is 13.8 Å². The highest BCUT2D eigenvalue weighted by Crippen LogP contribution is 2.30. The van der Waals surface area contributed by atoms with Crippen LogP contribution in [0.25, 0.3) is 0 Å². The van der Waals surface area contributed by atoms with Crippen molar-refractivity contribution in [1.82, 2.24) is 0 Å². The zero-order valence-corrected chi connectivity index (χ0v) is 11.6. The molecule has 0 spiro atoms. The molecule has 0 heterocycles. The molecule has 1 atom stereocenters. The van der Waals surface area contributed by atoms with Crippen LogP contribution in [0, 0.1) is 11.3 Å². The van der Waals surface area contributed by atoms with Gasteiger partial charge in [0.05, 0.1) is 0 Å². The first-order chi connectivity index (χ1) is 6.52. The summed E-state index contributed by atoms with van der Waals surface area (Å²) in [6.45, 7) is 15.7. The molecule has 0 nitrogen and oxygen atoms in total. The lowest BCUT2D eigenvalue weighted by atomic mass is 9.80. The standard InChI is InChI=1S/C12H26.C2H6/c1-6-8-9-11(3)10-12(4,5)7-2;1-2/h11H,6-10H2,1-5H3;1-2H3. The first kappa shape index (κ1) is 16.4. The van der Waals surface area contributed by atoms with Crippen molar-refractivity contribution in [2.75, 3.05) is 0 Å². The molecule has 88 valence electrons. The van der Waals surface area contributed by atoms with E-state index in [1.165, 1.54) is 32.1 Å². The summed E-state index contributed by atoms with van der Waals surface area (Å²) in [6, 6.07) is 0.